The van der Waals surface area contributed by atoms with Gasteiger partial charge < -0.3 is 9.47 Å². The predicted molar refractivity (Wildman–Crippen MR) is 77.5 cm³/mol. The second kappa shape index (κ2) is 5.32. The van der Waals surface area contributed by atoms with E-state index in [9.17, 15) is 4.79 Å². The molecular formula is C14H17ClN2O3. The van der Waals surface area contributed by atoms with Gasteiger partial charge in [0.15, 0.2) is 0 Å². The quantitative estimate of drug-likeness (QED) is 0.795. The van der Waals surface area contributed by atoms with Crippen molar-refractivity contribution in [2.24, 2.45) is 0 Å². The Kier molecular flexibility index (Phi) is 3.90. The smallest absolute Gasteiger partial charge is 0.420 e. The highest BCUT2D eigenvalue weighted by molar-refractivity contribution is 6.17. The minimum atomic E-state index is -0.587. The zero-order valence-electron chi connectivity index (χ0n) is 11.9. The number of ether oxygens (including phenoxy) is 2. The second-order valence-corrected chi connectivity index (χ2v) is 5.57. The summed E-state index contributed by atoms with van der Waals surface area (Å²) in [5, 5.41) is 0. The van der Waals surface area contributed by atoms with Crippen LogP contribution in [0.3, 0.4) is 0 Å². The van der Waals surface area contributed by atoms with Crippen molar-refractivity contribution in [3.63, 3.8) is 0 Å². The number of rotatable bonds is 2. The minimum absolute atomic E-state index is 0.108. The molecule has 0 aliphatic heterocycles. The minimum Gasteiger partial charge on any atom is -0.494 e. The average molecular weight is 297 g/mol. The molecule has 20 heavy (non-hydrogen) atoms. The molecule has 0 N–H and O–H groups in total. The molecule has 1 aromatic heterocycles. The summed E-state index contributed by atoms with van der Waals surface area (Å²) in [6.45, 7) is 5.43. The van der Waals surface area contributed by atoms with E-state index in [2.05, 4.69) is 4.98 Å². The van der Waals surface area contributed by atoms with Gasteiger partial charge >= 0.3 is 6.09 Å². The van der Waals surface area contributed by atoms with Crippen molar-refractivity contribution in [2.45, 2.75) is 32.3 Å². The number of aromatic nitrogens is 2. The van der Waals surface area contributed by atoms with E-state index in [0.717, 1.165) is 0 Å². The van der Waals surface area contributed by atoms with Gasteiger partial charge in [-0.2, -0.15) is 0 Å². The van der Waals surface area contributed by atoms with E-state index in [1.807, 2.05) is 20.8 Å². The highest BCUT2D eigenvalue weighted by Crippen LogP contribution is 2.27. The second-order valence-electron chi connectivity index (χ2n) is 5.31. The fourth-order valence-electron chi connectivity index (χ4n) is 1.89. The average Bonchev–Trinajstić information content (AvgIpc) is 2.74. The number of methoxy groups -OCH3 is 1. The molecule has 0 spiro atoms. The lowest BCUT2D eigenvalue weighted by Crippen LogP contribution is -2.28. The lowest BCUT2D eigenvalue weighted by atomic mass is 10.2. The Morgan fingerprint density at radius 1 is 1.40 bits per heavy atom. The van der Waals surface area contributed by atoms with E-state index in [4.69, 9.17) is 21.1 Å². The molecule has 0 aliphatic carbocycles. The Balaban J connectivity index is 2.59. The van der Waals surface area contributed by atoms with Gasteiger partial charge in [0.1, 0.15) is 22.7 Å². The monoisotopic (exact) mass is 296 g/mol. The zero-order chi connectivity index (χ0) is 14.9. The van der Waals surface area contributed by atoms with Gasteiger partial charge in [-0.15, -0.1) is 11.6 Å². The van der Waals surface area contributed by atoms with Crippen molar-refractivity contribution in [1.82, 2.24) is 9.55 Å². The van der Waals surface area contributed by atoms with E-state index < -0.39 is 11.7 Å². The molecule has 0 bridgehead atoms. The summed E-state index contributed by atoms with van der Waals surface area (Å²) in [5.41, 5.74) is 0.626. The Bertz CT molecular complexity index is 644. The molecular weight excluding hydrogens is 280 g/mol. The Labute approximate surface area is 122 Å². The standard InChI is InChI=1S/C14H17ClN2O3/c1-14(2,3)20-13(18)17-9-6-5-7-10(19-4)12(9)16-11(17)8-15/h5-7H,8H2,1-4H3. The molecule has 6 heteroatoms. The fourth-order valence-corrected chi connectivity index (χ4v) is 2.07. The zero-order valence-corrected chi connectivity index (χ0v) is 12.7. The number of fused-ring (bicyclic) bond motifs is 1. The first-order chi connectivity index (χ1) is 9.37. The van der Waals surface area contributed by atoms with Crippen molar-refractivity contribution in [2.75, 3.05) is 7.11 Å². The van der Waals surface area contributed by atoms with Crippen LogP contribution in [-0.4, -0.2) is 28.4 Å². The van der Waals surface area contributed by atoms with Crippen LogP contribution in [0.25, 0.3) is 11.0 Å². The van der Waals surface area contributed by atoms with Crippen LogP contribution in [0, 0.1) is 0 Å². The molecule has 0 saturated carbocycles. The van der Waals surface area contributed by atoms with Crippen LogP contribution in [-0.2, 0) is 10.6 Å². The van der Waals surface area contributed by atoms with Crippen molar-refractivity contribution in [3.8, 4) is 5.75 Å². The number of benzene rings is 1. The predicted octanol–water partition coefficient (Wildman–Crippen LogP) is 3.57. The molecule has 5 nitrogen and oxygen atoms in total. The molecule has 1 aromatic carbocycles. The summed E-state index contributed by atoms with van der Waals surface area (Å²) in [5.74, 6) is 1.13. The largest absolute Gasteiger partial charge is 0.494 e. The van der Waals surface area contributed by atoms with E-state index >= 15 is 0 Å². The first-order valence-corrected chi connectivity index (χ1v) is 6.74. The maximum absolute atomic E-state index is 12.3. The molecule has 0 atom stereocenters. The summed E-state index contributed by atoms with van der Waals surface area (Å²) in [7, 11) is 1.56. The van der Waals surface area contributed by atoms with Crippen molar-refractivity contribution >= 4 is 28.7 Å². The number of carbonyl (C=O) groups excluding carboxylic acids is 1. The van der Waals surface area contributed by atoms with Gasteiger partial charge in [-0.25, -0.2) is 14.3 Å². The number of carbonyl (C=O) groups is 1. The van der Waals surface area contributed by atoms with Gasteiger partial charge in [0.2, 0.25) is 0 Å². The third-order valence-corrected chi connectivity index (χ3v) is 2.87. The maximum Gasteiger partial charge on any atom is 0.420 e. The van der Waals surface area contributed by atoms with Crippen LogP contribution in [0.5, 0.6) is 5.75 Å². The Morgan fingerprint density at radius 3 is 2.65 bits per heavy atom. The van der Waals surface area contributed by atoms with Crippen LogP contribution in [0.15, 0.2) is 18.2 Å². The lowest BCUT2D eigenvalue weighted by Gasteiger charge is -2.20. The highest BCUT2D eigenvalue weighted by Gasteiger charge is 2.23. The molecule has 0 saturated heterocycles. The van der Waals surface area contributed by atoms with Gasteiger partial charge in [0, 0.05) is 0 Å². The van der Waals surface area contributed by atoms with Crippen LogP contribution in [0.4, 0.5) is 4.79 Å². The number of nitrogens with zero attached hydrogens (tertiary/aromatic N) is 2. The van der Waals surface area contributed by atoms with Gasteiger partial charge in [-0.1, -0.05) is 6.07 Å². The van der Waals surface area contributed by atoms with Crippen LogP contribution >= 0.6 is 11.6 Å². The Hall–Kier alpha value is -1.75. The van der Waals surface area contributed by atoms with Crippen LogP contribution < -0.4 is 4.74 Å². The van der Waals surface area contributed by atoms with Gasteiger partial charge in [-0.3, -0.25) is 0 Å². The van der Waals surface area contributed by atoms with E-state index in [0.29, 0.717) is 22.6 Å². The third kappa shape index (κ3) is 2.72. The molecule has 2 aromatic rings. The molecule has 1 heterocycles. The normalized spacial score (nSPS) is 11.7. The maximum atomic E-state index is 12.3. The van der Waals surface area contributed by atoms with E-state index in [1.165, 1.54) is 4.57 Å². The van der Waals surface area contributed by atoms with Crippen LogP contribution in [0.1, 0.15) is 26.6 Å². The lowest BCUT2D eigenvalue weighted by molar-refractivity contribution is 0.0540. The van der Waals surface area contributed by atoms with Gasteiger partial charge in [0.05, 0.1) is 18.5 Å². The number of imidazole rings is 1. The molecule has 0 radical (unpaired) electrons. The fraction of sp³-hybridized carbons (Fsp3) is 0.429. The highest BCUT2D eigenvalue weighted by atomic mass is 35.5. The van der Waals surface area contributed by atoms with Crippen molar-refractivity contribution in [1.29, 1.82) is 0 Å². The molecule has 0 amide bonds. The summed E-state index contributed by atoms with van der Waals surface area (Å²) < 4.78 is 12.0. The van der Waals surface area contributed by atoms with Crippen LogP contribution in [0.2, 0.25) is 0 Å². The molecule has 0 fully saturated rings. The summed E-state index contributed by atoms with van der Waals surface area (Å²) in [6.07, 6.45) is -0.496. The topological polar surface area (TPSA) is 53.4 Å². The number of halogens is 1. The first-order valence-electron chi connectivity index (χ1n) is 6.21. The molecule has 0 aliphatic rings. The molecule has 2 rings (SSSR count). The number of hydrogen-bond acceptors (Lipinski definition) is 4. The van der Waals surface area contributed by atoms with Gasteiger partial charge in [0.25, 0.3) is 0 Å². The van der Waals surface area contributed by atoms with E-state index in [-0.39, 0.29) is 5.88 Å². The first kappa shape index (κ1) is 14.7. The van der Waals surface area contributed by atoms with Crippen molar-refractivity contribution in [3.05, 3.63) is 24.0 Å². The Morgan fingerprint density at radius 2 is 2.10 bits per heavy atom. The summed E-state index contributed by atoms with van der Waals surface area (Å²) in [6, 6.07) is 5.36. The number of hydrogen-bond donors (Lipinski definition) is 0. The SMILES string of the molecule is COc1cccc2c1nc(CCl)n2C(=O)OC(C)(C)C. The number of para-hydroxylation sites is 1. The van der Waals surface area contributed by atoms with E-state index in [1.54, 1.807) is 25.3 Å². The summed E-state index contributed by atoms with van der Waals surface area (Å²) >= 11 is 5.88. The van der Waals surface area contributed by atoms with Gasteiger partial charge in [-0.05, 0) is 32.9 Å². The van der Waals surface area contributed by atoms with Crippen molar-refractivity contribution < 1.29 is 14.3 Å². The molecule has 108 valence electrons. The molecule has 0 unspecified atom stereocenters. The third-order valence-electron chi connectivity index (χ3n) is 2.63. The number of alkyl halides is 1. The summed E-state index contributed by atoms with van der Waals surface area (Å²) in [4.78, 5) is 16.7.